The van der Waals surface area contributed by atoms with Gasteiger partial charge in [0.15, 0.2) is 0 Å². The van der Waals surface area contributed by atoms with Crippen molar-refractivity contribution < 1.29 is 19.1 Å². The average molecular weight is 254 g/mol. The van der Waals surface area contributed by atoms with Crippen LogP contribution in [-0.4, -0.2) is 60.4 Å². The Kier molecular flexibility index (Phi) is 3.84. The number of nitrogens with zero attached hydrogens (tertiary/aromatic N) is 2. The average Bonchev–Trinajstić information content (AvgIpc) is 3.19. The van der Waals surface area contributed by atoms with Crippen molar-refractivity contribution >= 4 is 17.8 Å². The maximum atomic E-state index is 11.8. The van der Waals surface area contributed by atoms with E-state index < -0.39 is 5.97 Å². The predicted molar refractivity (Wildman–Crippen MR) is 62.6 cm³/mol. The van der Waals surface area contributed by atoms with Crippen LogP contribution in [-0.2, 0) is 19.1 Å². The zero-order valence-corrected chi connectivity index (χ0v) is 10.6. The van der Waals surface area contributed by atoms with Crippen molar-refractivity contribution in [2.45, 2.75) is 31.7 Å². The normalized spacial score (nSPS) is 19.9. The minimum atomic E-state index is -0.397. The molecule has 100 valence electrons. The zero-order chi connectivity index (χ0) is 13.1. The minimum absolute atomic E-state index is 0.0233. The number of carbonyl (C=O) groups is 3. The van der Waals surface area contributed by atoms with Gasteiger partial charge in [-0.15, -0.1) is 0 Å². The number of carbonyl (C=O) groups excluding carboxylic acids is 3. The Labute approximate surface area is 106 Å². The summed E-state index contributed by atoms with van der Waals surface area (Å²) in [5, 5.41) is 0. The van der Waals surface area contributed by atoms with Crippen LogP contribution >= 0.6 is 0 Å². The molecule has 1 saturated heterocycles. The van der Waals surface area contributed by atoms with Crippen LogP contribution in [0.1, 0.15) is 25.7 Å². The van der Waals surface area contributed by atoms with E-state index in [1.54, 1.807) is 0 Å². The fourth-order valence-electron chi connectivity index (χ4n) is 2.14. The zero-order valence-electron chi connectivity index (χ0n) is 10.6. The van der Waals surface area contributed by atoms with Gasteiger partial charge in [0.1, 0.15) is 0 Å². The summed E-state index contributed by atoms with van der Waals surface area (Å²) < 4.78 is 4.48. The molecule has 2 fully saturated rings. The summed E-state index contributed by atoms with van der Waals surface area (Å²) in [7, 11) is 1.30. The second-order valence-corrected chi connectivity index (χ2v) is 4.71. The van der Waals surface area contributed by atoms with Gasteiger partial charge < -0.3 is 14.5 Å². The second-order valence-electron chi connectivity index (χ2n) is 4.71. The summed E-state index contributed by atoms with van der Waals surface area (Å²) in [5.41, 5.74) is 0. The number of rotatable bonds is 4. The Morgan fingerprint density at radius 3 is 2.56 bits per heavy atom. The highest BCUT2D eigenvalue weighted by molar-refractivity contribution is 5.87. The lowest BCUT2D eigenvalue weighted by Crippen LogP contribution is -2.52. The Hall–Kier alpha value is -1.59. The monoisotopic (exact) mass is 254 g/mol. The van der Waals surface area contributed by atoms with Crippen molar-refractivity contribution in [1.82, 2.24) is 9.80 Å². The molecule has 1 aliphatic carbocycles. The molecular formula is C12H18N2O4. The van der Waals surface area contributed by atoms with Gasteiger partial charge in [-0.05, 0) is 12.8 Å². The number of amides is 2. The highest BCUT2D eigenvalue weighted by Crippen LogP contribution is 2.28. The molecule has 6 nitrogen and oxygen atoms in total. The first-order chi connectivity index (χ1) is 8.61. The van der Waals surface area contributed by atoms with Crippen molar-refractivity contribution in [3.63, 3.8) is 0 Å². The van der Waals surface area contributed by atoms with Crippen molar-refractivity contribution in [2.24, 2.45) is 0 Å². The van der Waals surface area contributed by atoms with Crippen LogP contribution in [0.2, 0.25) is 0 Å². The lowest BCUT2D eigenvalue weighted by molar-refractivity contribution is -0.147. The number of hydrogen-bond donors (Lipinski definition) is 0. The number of esters is 1. The third-order valence-corrected chi connectivity index (χ3v) is 3.37. The van der Waals surface area contributed by atoms with Gasteiger partial charge in [-0.2, -0.15) is 0 Å². The first-order valence-electron chi connectivity index (χ1n) is 6.26. The van der Waals surface area contributed by atoms with Crippen molar-refractivity contribution in [1.29, 1.82) is 0 Å². The molecule has 0 atom stereocenters. The van der Waals surface area contributed by atoms with E-state index >= 15 is 0 Å². The molecular weight excluding hydrogens is 236 g/mol. The molecule has 0 N–H and O–H groups in total. The molecule has 18 heavy (non-hydrogen) atoms. The highest BCUT2D eigenvalue weighted by atomic mass is 16.5. The fraction of sp³-hybridized carbons (Fsp3) is 0.750. The summed E-state index contributed by atoms with van der Waals surface area (Å²) in [6.45, 7) is 1.34. The molecule has 0 aromatic carbocycles. The van der Waals surface area contributed by atoms with E-state index in [2.05, 4.69) is 4.74 Å². The van der Waals surface area contributed by atoms with Gasteiger partial charge in [0.25, 0.3) is 0 Å². The van der Waals surface area contributed by atoms with E-state index in [1.165, 1.54) is 12.0 Å². The number of piperazine rings is 1. The van der Waals surface area contributed by atoms with Gasteiger partial charge in [-0.1, -0.05) is 0 Å². The van der Waals surface area contributed by atoms with Gasteiger partial charge in [0.05, 0.1) is 20.1 Å². The van der Waals surface area contributed by atoms with Gasteiger partial charge in [0, 0.05) is 25.6 Å². The molecule has 2 amide bonds. The van der Waals surface area contributed by atoms with Crippen LogP contribution in [0.4, 0.5) is 0 Å². The molecule has 1 aliphatic heterocycles. The van der Waals surface area contributed by atoms with Gasteiger partial charge in [-0.3, -0.25) is 14.4 Å². The highest BCUT2D eigenvalue weighted by Gasteiger charge is 2.36. The van der Waals surface area contributed by atoms with Crippen LogP contribution in [0, 0.1) is 0 Å². The minimum Gasteiger partial charge on any atom is -0.469 e. The molecule has 0 aromatic rings. The van der Waals surface area contributed by atoms with Crippen LogP contribution in [0.15, 0.2) is 0 Å². The first kappa shape index (κ1) is 12.9. The summed E-state index contributed by atoms with van der Waals surface area (Å²) in [4.78, 5) is 38.0. The SMILES string of the molecule is COC(=O)CCC(=O)N1CCN(C2CC2)C(=O)C1. The van der Waals surface area contributed by atoms with Crippen LogP contribution in [0.3, 0.4) is 0 Å². The molecule has 2 aliphatic rings. The van der Waals surface area contributed by atoms with Crippen LogP contribution in [0.5, 0.6) is 0 Å². The molecule has 1 heterocycles. The molecule has 0 radical (unpaired) electrons. The summed E-state index contributed by atoms with van der Waals surface area (Å²) >= 11 is 0. The Morgan fingerprint density at radius 1 is 1.28 bits per heavy atom. The number of hydrogen-bond acceptors (Lipinski definition) is 4. The van der Waals surface area contributed by atoms with E-state index in [1.807, 2.05) is 4.90 Å². The number of methoxy groups -OCH3 is 1. The maximum Gasteiger partial charge on any atom is 0.306 e. The summed E-state index contributed by atoms with van der Waals surface area (Å²) in [5.74, 6) is -0.523. The van der Waals surface area contributed by atoms with Crippen LogP contribution in [0.25, 0.3) is 0 Å². The molecule has 6 heteroatoms. The third-order valence-electron chi connectivity index (χ3n) is 3.37. The predicted octanol–water partition coefficient (Wildman–Crippen LogP) is -0.227. The van der Waals surface area contributed by atoms with Gasteiger partial charge >= 0.3 is 5.97 Å². The standard InChI is InChI=1S/C12H18N2O4/c1-18-12(17)5-4-10(15)13-6-7-14(9-2-3-9)11(16)8-13/h9H,2-8H2,1H3. The fourth-order valence-corrected chi connectivity index (χ4v) is 2.14. The third kappa shape index (κ3) is 3.00. The van der Waals surface area contributed by atoms with E-state index in [0.717, 1.165) is 12.8 Å². The Morgan fingerprint density at radius 2 is 2.00 bits per heavy atom. The largest absolute Gasteiger partial charge is 0.469 e. The molecule has 0 bridgehead atoms. The van der Waals surface area contributed by atoms with E-state index in [0.29, 0.717) is 19.1 Å². The topological polar surface area (TPSA) is 66.9 Å². The van der Waals surface area contributed by atoms with E-state index in [-0.39, 0.29) is 31.2 Å². The van der Waals surface area contributed by atoms with Crippen LogP contribution < -0.4 is 0 Å². The lowest BCUT2D eigenvalue weighted by Gasteiger charge is -2.34. The smallest absolute Gasteiger partial charge is 0.306 e. The number of ether oxygens (including phenoxy) is 1. The first-order valence-corrected chi connectivity index (χ1v) is 6.26. The lowest BCUT2D eigenvalue weighted by atomic mass is 10.2. The van der Waals surface area contributed by atoms with Crippen molar-refractivity contribution in [3.05, 3.63) is 0 Å². The molecule has 0 unspecified atom stereocenters. The molecule has 0 spiro atoms. The maximum absolute atomic E-state index is 11.8. The quantitative estimate of drug-likeness (QED) is 0.650. The van der Waals surface area contributed by atoms with Crippen molar-refractivity contribution in [2.75, 3.05) is 26.7 Å². The Bertz CT molecular complexity index is 365. The summed E-state index contributed by atoms with van der Waals surface area (Å²) in [6, 6.07) is 0.407. The van der Waals surface area contributed by atoms with E-state index in [9.17, 15) is 14.4 Å². The van der Waals surface area contributed by atoms with E-state index in [4.69, 9.17) is 0 Å². The molecule has 2 rings (SSSR count). The molecule has 0 aromatic heterocycles. The summed E-state index contributed by atoms with van der Waals surface area (Å²) in [6.07, 6.45) is 2.36. The van der Waals surface area contributed by atoms with Crippen molar-refractivity contribution in [3.8, 4) is 0 Å². The van der Waals surface area contributed by atoms with Gasteiger partial charge in [-0.25, -0.2) is 0 Å². The molecule has 1 saturated carbocycles. The Balaban J connectivity index is 1.78. The van der Waals surface area contributed by atoms with Gasteiger partial charge in [0.2, 0.25) is 11.8 Å². The second kappa shape index (κ2) is 5.37.